The fraction of sp³-hybridized carbons (Fsp3) is 0.364. The van der Waals surface area contributed by atoms with E-state index in [0.717, 1.165) is 0 Å². The van der Waals surface area contributed by atoms with Gasteiger partial charge in [0.1, 0.15) is 11.3 Å². The summed E-state index contributed by atoms with van der Waals surface area (Å²) in [6, 6.07) is 4.65. The molecule has 0 spiro atoms. The first-order chi connectivity index (χ1) is 8.27. The Morgan fingerprint density at radius 1 is 1.50 bits per heavy atom. The van der Waals surface area contributed by atoms with Gasteiger partial charge in [-0.05, 0) is 18.6 Å². The summed E-state index contributed by atoms with van der Waals surface area (Å²) in [6.07, 6.45) is 0.0754. The third-order valence-corrected chi connectivity index (χ3v) is 2.63. The van der Waals surface area contributed by atoms with E-state index in [4.69, 9.17) is 15.6 Å². The van der Waals surface area contributed by atoms with Crippen LogP contribution in [0.25, 0.3) is 0 Å². The number of methoxy groups -OCH3 is 1. The smallest absolute Gasteiger partial charge is 0.492 e. The summed E-state index contributed by atoms with van der Waals surface area (Å²) in [5.74, 6) is -0.799. The number of carboxylic acid groups (broad SMARTS) is 1. The van der Waals surface area contributed by atoms with Gasteiger partial charge in [0.05, 0.1) is 7.11 Å². The summed E-state index contributed by atoms with van der Waals surface area (Å²) in [5.41, 5.74) is 4.99. The van der Waals surface area contributed by atoms with E-state index < -0.39 is 18.6 Å². The largest absolute Gasteiger partial charge is 0.497 e. The first kappa shape index (κ1) is 14.5. The van der Waals surface area contributed by atoms with Gasteiger partial charge in [0.15, 0.2) is 0 Å². The minimum Gasteiger partial charge on any atom is -0.497 e. The molecule has 0 bridgehead atoms. The van der Waals surface area contributed by atoms with Gasteiger partial charge < -0.3 is 25.6 Å². The van der Waals surface area contributed by atoms with E-state index in [1.165, 1.54) is 20.1 Å². The van der Waals surface area contributed by atoms with Crippen LogP contribution >= 0.6 is 0 Å². The second-order valence-corrected chi connectivity index (χ2v) is 4.35. The van der Waals surface area contributed by atoms with Crippen molar-refractivity contribution in [1.82, 2.24) is 0 Å². The maximum atomic E-state index is 10.9. The van der Waals surface area contributed by atoms with Crippen molar-refractivity contribution in [1.29, 1.82) is 0 Å². The molecule has 0 saturated heterocycles. The van der Waals surface area contributed by atoms with Crippen LogP contribution in [0, 0.1) is 0 Å². The highest BCUT2D eigenvalue weighted by atomic mass is 16.5. The minimum absolute atomic E-state index is 0.0754. The van der Waals surface area contributed by atoms with Crippen molar-refractivity contribution in [3.8, 4) is 5.75 Å². The van der Waals surface area contributed by atoms with Crippen LogP contribution in [0.5, 0.6) is 5.75 Å². The molecule has 1 aromatic rings. The zero-order chi connectivity index (χ0) is 13.9. The number of carboxylic acids is 1. The van der Waals surface area contributed by atoms with E-state index in [1.807, 2.05) is 0 Å². The van der Waals surface area contributed by atoms with E-state index in [2.05, 4.69) is 0 Å². The first-order valence-electron chi connectivity index (χ1n) is 5.33. The van der Waals surface area contributed by atoms with Gasteiger partial charge in [-0.15, -0.1) is 0 Å². The molecule has 5 N–H and O–H groups in total. The topological polar surface area (TPSA) is 113 Å². The fourth-order valence-corrected chi connectivity index (χ4v) is 1.60. The maximum Gasteiger partial charge on any atom is 0.492 e. The average molecular weight is 253 g/mol. The van der Waals surface area contributed by atoms with Crippen molar-refractivity contribution in [2.75, 3.05) is 7.11 Å². The van der Waals surface area contributed by atoms with Crippen molar-refractivity contribution < 1.29 is 24.7 Å². The molecule has 6 nitrogen and oxygen atoms in total. The van der Waals surface area contributed by atoms with Gasteiger partial charge in [0, 0.05) is 11.9 Å². The molecule has 0 amide bonds. The second-order valence-electron chi connectivity index (χ2n) is 4.35. The van der Waals surface area contributed by atoms with Crippen LogP contribution in [0.2, 0.25) is 0 Å². The number of carbonyl (C=O) groups is 1. The summed E-state index contributed by atoms with van der Waals surface area (Å²) >= 11 is 0. The Bertz CT molecular complexity index is 447. The summed E-state index contributed by atoms with van der Waals surface area (Å²) in [7, 11) is -0.278. The van der Waals surface area contributed by atoms with Crippen LogP contribution in [0.3, 0.4) is 0 Å². The predicted molar refractivity (Wildman–Crippen MR) is 66.8 cm³/mol. The lowest BCUT2D eigenvalue weighted by molar-refractivity contribution is -0.142. The van der Waals surface area contributed by atoms with Crippen molar-refractivity contribution in [2.45, 2.75) is 18.9 Å². The molecule has 7 heteroatoms. The lowest BCUT2D eigenvalue weighted by Crippen LogP contribution is -2.47. The second kappa shape index (κ2) is 5.39. The van der Waals surface area contributed by atoms with Gasteiger partial charge >= 0.3 is 13.1 Å². The molecule has 0 aliphatic carbocycles. The normalized spacial score (nSPS) is 13.8. The summed E-state index contributed by atoms with van der Waals surface area (Å²) in [5, 5.41) is 27.3. The Labute approximate surface area is 105 Å². The molecule has 0 aromatic heterocycles. The molecular weight excluding hydrogens is 237 g/mol. The molecular formula is C11H16BNO5. The van der Waals surface area contributed by atoms with Crippen LogP contribution in [0.1, 0.15) is 12.5 Å². The van der Waals surface area contributed by atoms with E-state index >= 15 is 0 Å². The predicted octanol–water partition coefficient (Wildman–Crippen LogP) is -1.28. The molecule has 0 fully saturated rings. The number of nitrogens with two attached hydrogens (primary N) is 1. The van der Waals surface area contributed by atoms with Crippen LogP contribution in [0.15, 0.2) is 18.2 Å². The molecule has 1 aromatic carbocycles. The van der Waals surface area contributed by atoms with Gasteiger partial charge in [-0.3, -0.25) is 4.79 Å². The van der Waals surface area contributed by atoms with Crippen molar-refractivity contribution in [3.63, 3.8) is 0 Å². The third-order valence-electron chi connectivity index (χ3n) is 2.63. The quantitative estimate of drug-likeness (QED) is 0.486. The number of rotatable bonds is 5. The number of benzene rings is 1. The first-order valence-corrected chi connectivity index (χ1v) is 5.33. The van der Waals surface area contributed by atoms with Crippen LogP contribution < -0.4 is 15.9 Å². The zero-order valence-corrected chi connectivity index (χ0v) is 10.3. The SMILES string of the molecule is COc1ccc(C[C@@](C)(N)C(=O)O)cc1B(O)O. The van der Waals surface area contributed by atoms with Gasteiger partial charge in [-0.2, -0.15) is 0 Å². The minimum atomic E-state index is -1.69. The molecule has 0 radical (unpaired) electrons. The van der Waals surface area contributed by atoms with E-state index in [1.54, 1.807) is 12.1 Å². The Hall–Kier alpha value is -1.57. The van der Waals surface area contributed by atoms with Crippen LogP contribution in [-0.2, 0) is 11.2 Å². The van der Waals surface area contributed by atoms with Crippen molar-refractivity contribution in [2.24, 2.45) is 5.73 Å². The van der Waals surface area contributed by atoms with Crippen LogP contribution in [0.4, 0.5) is 0 Å². The Morgan fingerprint density at radius 3 is 2.56 bits per heavy atom. The van der Waals surface area contributed by atoms with Gasteiger partial charge in [0.2, 0.25) is 0 Å². The molecule has 98 valence electrons. The average Bonchev–Trinajstić information content (AvgIpc) is 2.28. The number of hydrogen-bond donors (Lipinski definition) is 4. The molecule has 0 heterocycles. The highest BCUT2D eigenvalue weighted by Crippen LogP contribution is 2.15. The summed E-state index contributed by atoms with van der Waals surface area (Å²) in [4.78, 5) is 10.9. The Kier molecular flexibility index (Phi) is 4.34. The standard InChI is InChI=1S/C11H16BNO5/c1-11(13,10(14)15)6-7-3-4-9(18-2)8(5-7)12(16)17/h3-5,16-17H,6,13H2,1-2H3,(H,14,15)/t11-/m1/s1. The van der Waals surface area contributed by atoms with E-state index in [0.29, 0.717) is 11.3 Å². The summed E-state index contributed by atoms with van der Waals surface area (Å²) in [6.45, 7) is 1.40. The van der Waals surface area contributed by atoms with Gasteiger partial charge in [0.25, 0.3) is 0 Å². The van der Waals surface area contributed by atoms with Crippen molar-refractivity contribution in [3.05, 3.63) is 23.8 Å². The summed E-state index contributed by atoms with van der Waals surface area (Å²) < 4.78 is 4.97. The molecule has 0 saturated carbocycles. The molecule has 0 aliphatic rings. The monoisotopic (exact) mass is 253 g/mol. The molecule has 1 rings (SSSR count). The number of aliphatic carboxylic acids is 1. The molecule has 1 atom stereocenters. The lowest BCUT2D eigenvalue weighted by atomic mass is 9.77. The van der Waals surface area contributed by atoms with Gasteiger partial charge in [-0.25, -0.2) is 0 Å². The lowest BCUT2D eigenvalue weighted by Gasteiger charge is -2.20. The van der Waals surface area contributed by atoms with E-state index in [-0.39, 0.29) is 11.9 Å². The zero-order valence-electron chi connectivity index (χ0n) is 10.3. The van der Waals surface area contributed by atoms with Crippen molar-refractivity contribution >= 4 is 18.6 Å². The highest BCUT2D eigenvalue weighted by molar-refractivity contribution is 6.59. The Morgan fingerprint density at radius 2 is 2.11 bits per heavy atom. The molecule has 0 aliphatic heterocycles. The fourth-order valence-electron chi connectivity index (χ4n) is 1.60. The highest BCUT2D eigenvalue weighted by Gasteiger charge is 2.29. The molecule has 18 heavy (non-hydrogen) atoms. The van der Waals surface area contributed by atoms with Crippen LogP contribution in [-0.4, -0.2) is 40.9 Å². The Balaban J connectivity index is 3.06. The third kappa shape index (κ3) is 3.22. The molecule has 0 unspecified atom stereocenters. The maximum absolute atomic E-state index is 10.9. The number of ether oxygens (including phenoxy) is 1. The van der Waals surface area contributed by atoms with Gasteiger partial charge in [-0.1, -0.05) is 12.1 Å². The van der Waals surface area contributed by atoms with E-state index in [9.17, 15) is 14.8 Å². The number of hydrogen-bond acceptors (Lipinski definition) is 5.